The molecule has 0 saturated heterocycles. The smallest absolute Gasteiger partial charge is 0.165 e. The molecule has 3 rings (SSSR count). The standard InChI is InChI=1S/C16H23NO3/c1-2-18-14-9-13(10-14)17-11-12-5-3-6-15-16(12)20-8-4-7-19-15/h3,5-6,13-14,17H,2,4,7-11H2,1H3. The lowest BCUT2D eigenvalue weighted by Crippen LogP contribution is -2.45. The van der Waals surface area contributed by atoms with Gasteiger partial charge in [0.2, 0.25) is 0 Å². The highest BCUT2D eigenvalue weighted by molar-refractivity contribution is 5.47. The van der Waals surface area contributed by atoms with E-state index in [0.29, 0.717) is 12.1 Å². The van der Waals surface area contributed by atoms with Crippen LogP contribution in [-0.2, 0) is 11.3 Å². The molecule has 0 aromatic heterocycles. The normalized spacial score (nSPS) is 24.9. The number of ether oxygens (including phenoxy) is 3. The summed E-state index contributed by atoms with van der Waals surface area (Å²) >= 11 is 0. The molecule has 2 aliphatic rings. The van der Waals surface area contributed by atoms with E-state index in [9.17, 15) is 0 Å². The molecule has 4 nitrogen and oxygen atoms in total. The zero-order valence-electron chi connectivity index (χ0n) is 12.1. The second kappa shape index (κ2) is 6.46. The van der Waals surface area contributed by atoms with Crippen molar-refractivity contribution in [1.82, 2.24) is 5.32 Å². The molecule has 0 spiro atoms. The summed E-state index contributed by atoms with van der Waals surface area (Å²) in [6.07, 6.45) is 3.62. The Bertz CT molecular complexity index is 443. The van der Waals surface area contributed by atoms with E-state index in [0.717, 1.165) is 57.1 Å². The third-order valence-electron chi connectivity index (χ3n) is 3.93. The predicted molar refractivity (Wildman–Crippen MR) is 77.3 cm³/mol. The first-order chi connectivity index (χ1) is 9.86. The SMILES string of the molecule is CCOC1CC(NCc2cccc3c2OCCCO3)C1. The second-order valence-corrected chi connectivity index (χ2v) is 5.42. The van der Waals surface area contributed by atoms with Crippen LogP contribution < -0.4 is 14.8 Å². The summed E-state index contributed by atoms with van der Waals surface area (Å²) in [4.78, 5) is 0. The molecular weight excluding hydrogens is 254 g/mol. The Morgan fingerprint density at radius 2 is 2.10 bits per heavy atom. The molecule has 1 aromatic carbocycles. The Kier molecular flexibility index (Phi) is 4.43. The Morgan fingerprint density at radius 1 is 1.25 bits per heavy atom. The highest BCUT2D eigenvalue weighted by Crippen LogP contribution is 2.33. The van der Waals surface area contributed by atoms with Crippen LogP contribution in [0.25, 0.3) is 0 Å². The van der Waals surface area contributed by atoms with Crippen molar-refractivity contribution in [3.05, 3.63) is 23.8 Å². The molecule has 0 atom stereocenters. The van der Waals surface area contributed by atoms with Crippen LogP contribution in [0, 0.1) is 0 Å². The Morgan fingerprint density at radius 3 is 2.95 bits per heavy atom. The second-order valence-electron chi connectivity index (χ2n) is 5.42. The van der Waals surface area contributed by atoms with Crippen LogP contribution in [0.15, 0.2) is 18.2 Å². The van der Waals surface area contributed by atoms with Crippen LogP contribution in [0.3, 0.4) is 0 Å². The topological polar surface area (TPSA) is 39.7 Å². The monoisotopic (exact) mass is 277 g/mol. The summed E-state index contributed by atoms with van der Waals surface area (Å²) in [5.41, 5.74) is 1.18. The van der Waals surface area contributed by atoms with Crippen LogP contribution in [0.1, 0.15) is 31.7 Å². The third kappa shape index (κ3) is 3.07. The van der Waals surface area contributed by atoms with Gasteiger partial charge in [0.1, 0.15) is 0 Å². The molecule has 1 aliphatic heterocycles. The van der Waals surface area contributed by atoms with Crippen LogP contribution >= 0.6 is 0 Å². The van der Waals surface area contributed by atoms with Gasteiger partial charge in [-0.25, -0.2) is 0 Å². The van der Waals surface area contributed by atoms with E-state index in [4.69, 9.17) is 14.2 Å². The summed E-state index contributed by atoms with van der Waals surface area (Å²) in [6, 6.07) is 6.70. The van der Waals surface area contributed by atoms with Crippen molar-refractivity contribution in [2.24, 2.45) is 0 Å². The van der Waals surface area contributed by atoms with Gasteiger partial charge < -0.3 is 19.5 Å². The maximum Gasteiger partial charge on any atom is 0.165 e. The van der Waals surface area contributed by atoms with Gasteiger partial charge in [0.15, 0.2) is 11.5 Å². The number of hydrogen-bond donors (Lipinski definition) is 1. The molecule has 4 heteroatoms. The fraction of sp³-hybridized carbons (Fsp3) is 0.625. The van der Waals surface area contributed by atoms with Gasteiger partial charge in [-0.05, 0) is 25.8 Å². The van der Waals surface area contributed by atoms with E-state index >= 15 is 0 Å². The van der Waals surface area contributed by atoms with E-state index in [1.807, 2.05) is 12.1 Å². The molecule has 20 heavy (non-hydrogen) atoms. The van der Waals surface area contributed by atoms with Gasteiger partial charge in [-0.2, -0.15) is 0 Å². The number of nitrogens with one attached hydrogen (secondary N) is 1. The lowest BCUT2D eigenvalue weighted by Gasteiger charge is -2.35. The molecular formula is C16H23NO3. The lowest BCUT2D eigenvalue weighted by molar-refractivity contribution is -0.0102. The van der Waals surface area contributed by atoms with E-state index in [2.05, 4.69) is 18.3 Å². The first-order valence-corrected chi connectivity index (χ1v) is 7.59. The van der Waals surface area contributed by atoms with Crippen molar-refractivity contribution in [3.63, 3.8) is 0 Å². The highest BCUT2D eigenvalue weighted by atomic mass is 16.5. The summed E-state index contributed by atoms with van der Waals surface area (Å²) in [5, 5.41) is 3.58. The predicted octanol–water partition coefficient (Wildman–Crippen LogP) is 2.51. The van der Waals surface area contributed by atoms with Crippen molar-refractivity contribution < 1.29 is 14.2 Å². The highest BCUT2D eigenvalue weighted by Gasteiger charge is 2.29. The van der Waals surface area contributed by atoms with E-state index in [1.165, 1.54) is 5.56 Å². The van der Waals surface area contributed by atoms with Gasteiger partial charge in [-0.3, -0.25) is 0 Å². The molecule has 1 aliphatic carbocycles. The number of fused-ring (bicyclic) bond motifs is 1. The maximum atomic E-state index is 5.83. The number of para-hydroxylation sites is 1. The van der Waals surface area contributed by atoms with E-state index < -0.39 is 0 Å². The van der Waals surface area contributed by atoms with Crippen LogP contribution in [0.2, 0.25) is 0 Å². The first kappa shape index (κ1) is 13.7. The van der Waals surface area contributed by atoms with Gasteiger partial charge in [0.25, 0.3) is 0 Å². The molecule has 1 heterocycles. The average Bonchev–Trinajstić information content (AvgIpc) is 2.66. The van der Waals surface area contributed by atoms with Gasteiger partial charge >= 0.3 is 0 Å². The zero-order valence-corrected chi connectivity index (χ0v) is 12.1. The van der Waals surface area contributed by atoms with Crippen molar-refractivity contribution >= 4 is 0 Å². The summed E-state index contributed by atoms with van der Waals surface area (Å²) < 4.78 is 17.1. The summed E-state index contributed by atoms with van der Waals surface area (Å²) in [7, 11) is 0. The van der Waals surface area contributed by atoms with E-state index in [-0.39, 0.29) is 0 Å². The molecule has 0 amide bonds. The molecule has 0 unspecified atom stereocenters. The Hall–Kier alpha value is -1.26. The fourth-order valence-electron chi connectivity index (χ4n) is 2.75. The van der Waals surface area contributed by atoms with Crippen LogP contribution in [0.5, 0.6) is 11.5 Å². The molecule has 0 bridgehead atoms. The maximum absolute atomic E-state index is 5.83. The fourth-order valence-corrected chi connectivity index (χ4v) is 2.75. The van der Waals surface area contributed by atoms with Crippen molar-refractivity contribution in [2.75, 3.05) is 19.8 Å². The molecule has 1 aromatic rings. The van der Waals surface area contributed by atoms with Crippen LogP contribution in [-0.4, -0.2) is 32.0 Å². The molecule has 1 N–H and O–H groups in total. The molecule has 110 valence electrons. The third-order valence-corrected chi connectivity index (χ3v) is 3.93. The Labute approximate surface area is 120 Å². The zero-order chi connectivity index (χ0) is 13.8. The van der Waals surface area contributed by atoms with Gasteiger partial charge in [0.05, 0.1) is 19.3 Å². The van der Waals surface area contributed by atoms with Crippen molar-refractivity contribution in [2.45, 2.75) is 44.9 Å². The largest absolute Gasteiger partial charge is 0.490 e. The minimum Gasteiger partial charge on any atom is -0.490 e. The van der Waals surface area contributed by atoms with Crippen molar-refractivity contribution in [3.8, 4) is 11.5 Å². The van der Waals surface area contributed by atoms with Gasteiger partial charge in [0, 0.05) is 31.2 Å². The summed E-state index contributed by atoms with van der Waals surface area (Å²) in [6.45, 7) is 5.17. The Balaban J connectivity index is 1.56. The number of rotatable bonds is 5. The molecule has 0 radical (unpaired) electrons. The van der Waals surface area contributed by atoms with Crippen molar-refractivity contribution in [1.29, 1.82) is 0 Å². The lowest BCUT2D eigenvalue weighted by atomic mass is 9.89. The summed E-state index contributed by atoms with van der Waals surface area (Å²) in [5.74, 6) is 1.79. The van der Waals surface area contributed by atoms with Gasteiger partial charge in [-0.1, -0.05) is 12.1 Å². The minimum absolute atomic E-state index is 0.449. The number of hydrogen-bond acceptors (Lipinski definition) is 4. The first-order valence-electron chi connectivity index (χ1n) is 7.59. The van der Waals surface area contributed by atoms with Gasteiger partial charge in [-0.15, -0.1) is 0 Å². The quantitative estimate of drug-likeness (QED) is 0.897. The molecule has 1 fully saturated rings. The minimum atomic E-state index is 0.449. The average molecular weight is 277 g/mol. The van der Waals surface area contributed by atoms with Crippen LogP contribution in [0.4, 0.5) is 0 Å². The molecule has 1 saturated carbocycles. The number of benzene rings is 1. The van der Waals surface area contributed by atoms with E-state index in [1.54, 1.807) is 0 Å².